The fourth-order valence-corrected chi connectivity index (χ4v) is 2.52. The highest BCUT2D eigenvalue weighted by molar-refractivity contribution is 5.85. The second kappa shape index (κ2) is 4.99. The summed E-state index contributed by atoms with van der Waals surface area (Å²) in [6, 6.07) is 22.7. The molecule has 0 unspecified atom stereocenters. The van der Waals surface area contributed by atoms with Crippen molar-refractivity contribution in [3.63, 3.8) is 0 Å². The maximum absolute atomic E-state index is 9.33. The largest absolute Gasteiger partial charge is 0.340 e. The van der Waals surface area contributed by atoms with Crippen molar-refractivity contribution < 1.29 is 0 Å². The molecule has 2 aromatic rings. The first-order valence-corrected chi connectivity index (χ1v) is 6.41. The lowest BCUT2D eigenvalue weighted by molar-refractivity contribution is 0.993. The van der Waals surface area contributed by atoms with Crippen molar-refractivity contribution >= 4 is 11.4 Å². The number of benzene rings is 2. The monoisotopic (exact) mass is 246 g/mol. The summed E-state index contributed by atoms with van der Waals surface area (Å²) in [5.74, 6) is 0. The molecule has 0 N–H and O–H groups in total. The molecule has 2 aromatic carbocycles. The van der Waals surface area contributed by atoms with Gasteiger partial charge in [-0.1, -0.05) is 48.5 Å². The van der Waals surface area contributed by atoms with Gasteiger partial charge in [-0.25, -0.2) is 0 Å². The Hall–Kier alpha value is -2.53. The molecule has 3 rings (SSSR count). The standard InChI is InChI=1S/C17H14N2/c18-13-15-11-12-19(16-9-5-2-6-10-16)17(15)14-7-3-1-4-8-14/h1-10H,11-12H2. The molecule has 0 fully saturated rings. The number of anilines is 1. The molecule has 0 saturated carbocycles. The van der Waals surface area contributed by atoms with E-state index < -0.39 is 0 Å². The Labute approximate surface area is 113 Å². The van der Waals surface area contributed by atoms with E-state index in [-0.39, 0.29) is 0 Å². The van der Waals surface area contributed by atoms with Crippen LogP contribution in [0.2, 0.25) is 0 Å². The third-order valence-electron chi connectivity index (χ3n) is 3.39. The third-order valence-corrected chi connectivity index (χ3v) is 3.39. The van der Waals surface area contributed by atoms with Crippen LogP contribution < -0.4 is 4.90 Å². The molecular weight excluding hydrogens is 232 g/mol. The molecule has 0 radical (unpaired) electrons. The molecule has 0 atom stereocenters. The van der Waals surface area contributed by atoms with Crippen molar-refractivity contribution in [2.75, 3.05) is 11.4 Å². The van der Waals surface area contributed by atoms with E-state index in [1.54, 1.807) is 0 Å². The summed E-state index contributed by atoms with van der Waals surface area (Å²) in [5.41, 5.74) is 4.18. The van der Waals surface area contributed by atoms with Crippen molar-refractivity contribution in [1.29, 1.82) is 5.26 Å². The molecule has 2 nitrogen and oxygen atoms in total. The average Bonchev–Trinajstić information content (AvgIpc) is 2.93. The van der Waals surface area contributed by atoms with Gasteiger partial charge in [-0.3, -0.25) is 0 Å². The van der Waals surface area contributed by atoms with Crippen LogP contribution in [0.3, 0.4) is 0 Å². The first kappa shape index (κ1) is 11.6. The maximum Gasteiger partial charge on any atom is 0.0969 e. The van der Waals surface area contributed by atoms with Gasteiger partial charge in [0.05, 0.1) is 17.3 Å². The van der Waals surface area contributed by atoms with E-state index in [0.717, 1.165) is 35.5 Å². The summed E-state index contributed by atoms with van der Waals surface area (Å²) in [6.07, 6.45) is 0.815. The van der Waals surface area contributed by atoms with Gasteiger partial charge in [0.15, 0.2) is 0 Å². The normalized spacial score (nSPS) is 14.6. The van der Waals surface area contributed by atoms with E-state index in [1.165, 1.54) is 0 Å². The van der Waals surface area contributed by atoms with Crippen LogP contribution in [0.25, 0.3) is 5.70 Å². The van der Waals surface area contributed by atoms with Gasteiger partial charge in [-0.05, 0) is 17.7 Å². The van der Waals surface area contributed by atoms with Crippen molar-refractivity contribution in [3.8, 4) is 6.07 Å². The van der Waals surface area contributed by atoms with Gasteiger partial charge < -0.3 is 4.90 Å². The number of hydrogen-bond donors (Lipinski definition) is 0. The van der Waals surface area contributed by atoms with Crippen LogP contribution >= 0.6 is 0 Å². The maximum atomic E-state index is 9.33. The lowest BCUT2D eigenvalue weighted by Gasteiger charge is -2.22. The zero-order valence-corrected chi connectivity index (χ0v) is 10.6. The van der Waals surface area contributed by atoms with Crippen LogP contribution in [0, 0.1) is 11.3 Å². The second-order valence-corrected chi connectivity index (χ2v) is 4.54. The molecule has 0 saturated heterocycles. The van der Waals surface area contributed by atoms with Crippen LogP contribution in [0.15, 0.2) is 66.2 Å². The van der Waals surface area contributed by atoms with Crippen LogP contribution in [0.4, 0.5) is 5.69 Å². The fourth-order valence-electron chi connectivity index (χ4n) is 2.52. The number of rotatable bonds is 2. The molecular formula is C17H14N2. The van der Waals surface area contributed by atoms with E-state index >= 15 is 0 Å². The molecule has 0 aliphatic carbocycles. The second-order valence-electron chi connectivity index (χ2n) is 4.54. The predicted octanol–water partition coefficient (Wildman–Crippen LogP) is 3.83. The molecule has 19 heavy (non-hydrogen) atoms. The topological polar surface area (TPSA) is 27.0 Å². The Morgan fingerprint density at radius 2 is 1.53 bits per heavy atom. The van der Waals surface area contributed by atoms with Crippen LogP contribution in [-0.4, -0.2) is 6.54 Å². The van der Waals surface area contributed by atoms with E-state index in [2.05, 4.69) is 35.2 Å². The Bertz CT molecular complexity index is 636. The molecule has 0 spiro atoms. The zero-order chi connectivity index (χ0) is 13.1. The number of nitriles is 1. The molecule has 2 heteroatoms. The highest BCUT2D eigenvalue weighted by Crippen LogP contribution is 2.34. The molecule has 92 valence electrons. The summed E-state index contributed by atoms with van der Waals surface area (Å²) in [6.45, 7) is 0.872. The number of hydrogen-bond acceptors (Lipinski definition) is 2. The number of para-hydroxylation sites is 1. The van der Waals surface area contributed by atoms with Crippen molar-refractivity contribution in [1.82, 2.24) is 0 Å². The van der Waals surface area contributed by atoms with Gasteiger partial charge in [0.25, 0.3) is 0 Å². The van der Waals surface area contributed by atoms with Crippen molar-refractivity contribution in [3.05, 3.63) is 71.8 Å². The minimum Gasteiger partial charge on any atom is -0.340 e. The zero-order valence-electron chi connectivity index (χ0n) is 10.6. The highest BCUT2D eigenvalue weighted by Gasteiger charge is 2.24. The third kappa shape index (κ3) is 2.11. The van der Waals surface area contributed by atoms with Gasteiger partial charge in [0.2, 0.25) is 0 Å². The molecule has 0 bridgehead atoms. The lowest BCUT2D eigenvalue weighted by atomic mass is 10.1. The van der Waals surface area contributed by atoms with Crippen LogP contribution in [0.1, 0.15) is 12.0 Å². The van der Waals surface area contributed by atoms with Crippen LogP contribution in [-0.2, 0) is 0 Å². The Balaban J connectivity index is 2.09. The molecule has 0 amide bonds. The van der Waals surface area contributed by atoms with Gasteiger partial charge >= 0.3 is 0 Å². The fraction of sp³-hybridized carbons (Fsp3) is 0.118. The SMILES string of the molecule is N#CC1=C(c2ccccc2)N(c2ccccc2)CC1. The Morgan fingerprint density at radius 3 is 2.16 bits per heavy atom. The van der Waals surface area contributed by atoms with E-state index in [4.69, 9.17) is 0 Å². The van der Waals surface area contributed by atoms with Crippen molar-refractivity contribution in [2.24, 2.45) is 0 Å². The van der Waals surface area contributed by atoms with Gasteiger partial charge in [-0.2, -0.15) is 5.26 Å². The van der Waals surface area contributed by atoms with Crippen LogP contribution in [0.5, 0.6) is 0 Å². The molecule has 1 heterocycles. The van der Waals surface area contributed by atoms with Gasteiger partial charge in [-0.15, -0.1) is 0 Å². The Kier molecular flexibility index (Phi) is 3.04. The first-order valence-electron chi connectivity index (χ1n) is 6.41. The lowest BCUT2D eigenvalue weighted by Crippen LogP contribution is -2.17. The summed E-state index contributed by atoms with van der Waals surface area (Å²) in [5, 5.41) is 9.33. The average molecular weight is 246 g/mol. The van der Waals surface area contributed by atoms with Gasteiger partial charge in [0, 0.05) is 18.7 Å². The van der Waals surface area contributed by atoms with Gasteiger partial charge in [0.1, 0.15) is 0 Å². The molecule has 1 aliphatic heterocycles. The summed E-state index contributed by atoms with van der Waals surface area (Å²) < 4.78 is 0. The molecule has 1 aliphatic rings. The molecule has 0 aromatic heterocycles. The first-order chi connectivity index (χ1) is 9.40. The van der Waals surface area contributed by atoms with Crippen molar-refractivity contribution in [2.45, 2.75) is 6.42 Å². The summed E-state index contributed by atoms with van der Waals surface area (Å²) in [4.78, 5) is 2.23. The highest BCUT2D eigenvalue weighted by atomic mass is 15.2. The number of nitrogens with zero attached hydrogens (tertiary/aromatic N) is 2. The van der Waals surface area contributed by atoms with E-state index in [9.17, 15) is 5.26 Å². The predicted molar refractivity (Wildman–Crippen MR) is 77.4 cm³/mol. The minimum atomic E-state index is 0.815. The Morgan fingerprint density at radius 1 is 0.895 bits per heavy atom. The quantitative estimate of drug-likeness (QED) is 0.805. The van der Waals surface area contributed by atoms with E-state index in [1.807, 2.05) is 36.4 Å². The smallest absolute Gasteiger partial charge is 0.0969 e. The summed E-state index contributed by atoms with van der Waals surface area (Å²) in [7, 11) is 0. The van der Waals surface area contributed by atoms with E-state index in [0.29, 0.717) is 0 Å². The summed E-state index contributed by atoms with van der Waals surface area (Å²) >= 11 is 0. The minimum absolute atomic E-state index is 0.815.